The van der Waals surface area contributed by atoms with Gasteiger partial charge in [-0.3, -0.25) is 11.3 Å². The minimum absolute atomic E-state index is 0.172. The van der Waals surface area contributed by atoms with Crippen LogP contribution in [0.15, 0.2) is 18.2 Å². The second-order valence-corrected chi connectivity index (χ2v) is 5.79. The van der Waals surface area contributed by atoms with Gasteiger partial charge in [0, 0.05) is 17.7 Å². The number of nitrogens with two attached hydrogens (primary N) is 1. The highest BCUT2D eigenvalue weighted by atomic mass is 35.5. The van der Waals surface area contributed by atoms with E-state index in [0.717, 1.165) is 42.0 Å². The summed E-state index contributed by atoms with van der Waals surface area (Å²) in [6.45, 7) is 4.87. The van der Waals surface area contributed by atoms with Crippen molar-refractivity contribution in [3.8, 4) is 0 Å². The fourth-order valence-electron chi connectivity index (χ4n) is 2.70. The first-order valence-electron chi connectivity index (χ1n) is 6.97. The zero-order chi connectivity index (χ0) is 13.8. The van der Waals surface area contributed by atoms with E-state index in [-0.39, 0.29) is 6.04 Å². The molecule has 1 aromatic carbocycles. The summed E-state index contributed by atoms with van der Waals surface area (Å²) >= 11 is 6.18. The molecule has 1 atom stereocenters. The number of nitrogens with one attached hydrogen (secondary N) is 1. The molecule has 0 aliphatic heterocycles. The van der Waals surface area contributed by atoms with Crippen LogP contribution in [0.3, 0.4) is 0 Å². The normalized spacial score (nSPS) is 24.0. The van der Waals surface area contributed by atoms with Crippen molar-refractivity contribution < 1.29 is 4.74 Å². The lowest BCUT2D eigenvalue weighted by atomic mass is 9.77. The molecule has 0 amide bonds. The third kappa shape index (κ3) is 3.69. The zero-order valence-electron chi connectivity index (χ0n) is 11.7. The van der Waals surface area contributed by atoms with E-state index in [1.807, 2.05) is 26.0 Å². The van der Waals surface area contributed by atoms with Crippen LogP contribution in [-0.2, 0) is 4.74 Å². The Morgan fingerprint density at radius 2 is 2.21 bits per heavy atom. The number of ether oxygens (including phenoxy) is 1. The van der Waals surface area contributed by atoms with Crippen LogP contribution in [0.5, 0.6) is 0 Å². The van der Waals surface area contributed by atoms with Crippen molar-refractivity contribution in [1.82, 2.24) is 5.43 Å². The van der Waals surface area contributed by atoms with Crippen molar-refractivity contribution in [3.63, 3.8) is 0 Å². The number of halogens is 1. The highest BCUT2D eigenvalue weighted by molar-refractivity contribution is 6.31. The average molecular weight is 283 g/mol. The molecule has 0 saturated heterocycles. The minimum atomic E-state index is 0.172. The van der Waals surface area contributed by atoms with Gasteiger partial charge in [0.15, 0.2) is 0 Å². The summed E-state index contributed by atoms with van der Waals surface area (Å²) in [4.78, 5) is 0. The molecular weight excluding hydrogens is 260 g/mol. The Kier molecular flexibility index (Phi) is 5.22. The Bertz CT molecular complexity index is 419. The topological polar surface area (TPSA) is 47.3 Å². The number of aryl methyl sites for hydroxylation is 1. The fourth-order valence-corrected chi connectivity index (χ4v) is 2.89. The predicted octanol–water partition coefficient (Wildman–Crippen LogP) is 3.36. The van der Waals surface area contributed by atoms with Gasteiger partial charge in [0.2, 0.25) is 0 Å². The average Bonchev–Trinajstić information content (AvgIpc) is 2.36. The van der Waals surface area contributed by atoms with Crippen molar-refractivity contribution in [1.29, 1.82) is 0 Å². The summed E-state index contributed by atoms with van der Waals surface area (Å²) in [7, 11) is 0. The quantitative estimate of drug-likeness (QED) is 0.621. The standard InChI is InChI=1S/C15H23ClN2O/c1-3-19-13-6-11(7-13)8-15(18-17)12-5-4-10(2)14(16)9-12/h4-5,9,11,13,15,18H,3,6-8,17H2,1-2H3. The maximum atomic E-state index is 6.18. The van der Waals surface area contributed by atoms with E-state index in [2.05, 4.69) is 11.5 Å². The molecular formula is C15H23ClN2O. The third-order valence-electron chi connectivity index (χ3n) is 3.96. The molecule has 1 aliphatic rings. The molecule has 1 unspecified atom stereocenters. The smallest absolute Gasteiger partial charge is 0.0580 e. The van der Waals surface area contributed by atoms with Gasteiger partial charge in [-0.25, -0.2) is 0 Å². The van der Waals surface area contributed by atoms with E-state index in [1.165, 1.54) is 0 Å². The molecule has 1 aromatic rings. The largest absolute Gasteiger partial charge is 0.378 e. The van der Waals surface area contributed by atoms with Gasteiger partial charge >= 0.3 is 0 Å². The Morgan fingerprint density at radius 3 is 2.79 bits per heavy atom. The summed E-state index contributed by atoms with van der Waals surface area (Å²) in [6, 6.07) is 6.33. The van der Waals surface area contributed by atoms with Gasteiger partial charge in [0.25, 0.3) is 0 Å². The minimum Gasteiger partial charge on any atom is -0.378 e. The summed E-state index contributed by atoms with van der Waals surface area (Å²) in [5.41, 5.74) is 5.17. The summed E-state index contributed by atoms with van der Waals surface area (Å²) in [5, 5.41) is 0.804. The summed E-state index contributed by atoms with van der Waals surface area (Å²) in [5.74, 6) is 6.38. The van der Waals surface area contributed by atoms with Gasteiger partial charge in [-0.15, -0.1) is 0 Å². The molecule has 0 radical (unpaired) electrons. The lowest BCUT2D eigenvalue weighted by Crippen LogP contribution is -2.36. The monoisotopic (exact) mass is 282 g/mol. The first-order chi connectivity index (χ1) is 9.13. The number of rotatable bonds is 6. The van der Waals surface area contributed by atoms with Crippen LogP contribution in [0.25, 0.3) is 0 Å². The first kappa shape index (κ1) is 14.8. The van der Waals surface area contributed by atoms with Crippen LogP contribution in [0.4, 0.5) is 0 Å². The number of hydrogen-bond acceptors (Lipinski definition) is 3. The summed E-state index contributed by atoms with van der Waals surface area (Å²) < 4.78 is 5.59. The van der Waals surface area contributed by atoms with Crippen LogP contribution >= 0.6 is 11.6 Å². The van der Waals surface area contributed by atoms with E-state index in [0.29, 0.717) is 12.0 Å². The zero-order valence-corrected chi connectivity index (χ0v) is 12.4. The van der Waals surface area contributed by atoms with E-state index < -0.39 is 0 Å². The van der Waals surface area contributed by atoms with Crippen LogP contribution in [-0.4, -0.2) is 12.7 Å². The van der Waals surface area contributed by atoms with E-state index >= 15 is 0 Å². The highest BCUT2D eigenvalue weighted by Gasteiger charge is 2.31. The van der Waals surface area contributed by atoms with Crippen LogP contribution in [0.2, 0.25) is 5.02 Å². The van der Waals surface area contributed by atoms with Crippen LogP contribution in [0, 0.1) is 12.8 Å². The second-order valence-electron chi connectivity index (χ2n) is 5.38. The van der Waals surface area contributed by atoms with Gasteiger partial charge < -0.3 is 4.74 Å². The molecule has 1 aliphatic carbocycles. The second kappa shape index (κ2) is 6.71. The number of hydrogen-bond donors (Lipinski definition) is 2. The highest BCUT2D eigenvalue weighted by Crippen LogP contribution is 2.37. The molecule has 4 heteroatoms. The lowest BCUT2D eigenvalue weighted by Gasteiger charge is -2.37. The maximum absolute atomic E-state index is 6.18. The number of benzene rings is 1. The molecule has 1 saturated carbocycles. The first-order valence-corrected chi connectivity index (χ1v) is 7.35. The number of hydrazine groups is 1. The Morgan fingerprint density at radius 1 is 1.47 bits per heavy atom. The molecule has 106 valence electrons. The van der Waals surface area contributed by atoms with Gasteiger partial charge in [0.1, 0.15) is 0 Å². The molecule has 2 rings (SSSR count). The van der Waals surface area contributed by atoms with Crippen LogP contribution in [0.1, 0.15) is 43.4 Å². The molecule has 3 nitrogen and oxygen atoms in total. The van der Waals surface area contributed by atoms with Gasteiger partial charge in [0.05, 0.1) is 6.10 Å². The van der Waals surface area contributed by atoms with Crippen molar-refractivity contribution in [3.05, 3.63) is 34.3 Å². The van der Waals surface area contributed by atoms with Gasteiger partial charge in [-0.2, -0.15) is 0 Å². The lowest BCUT2D eigenvalue weighted by molar-refractivity contribution is -0.0291. The molecule has 0 heterocycles. The molecule has 19 heavy (non-hydrogen) atoms. The van der Waals surface area contributed by atoms with Crippen molar-refractivity contribution in [2.45, 2.75) is 45.3 Å². The van der Waals surface area contributed by atoms with E-state index in [4.69, 9.17) is 22.2 Å². The van der Waals surface area contributed by atoms with Crippen molar-refractivity contribution in [2.24, 2.45) is 11.8 Å². The molecule has 1 fully saturated rings. The van der Waals surface area contributed by atoms with E-state index in [9.17, 15) is 0 Å². The van der Waals surface area contributed by atoms with E-state index in [1.54, 1.807) is 0 Å². The Balaban J connectivity index is 1.92. The van der Waals surface area contributed by atoms with Gasteiger partial charge in [-0.05, 0) is 56.2 Å². The third-order valence-corrected chi connectivity index (χ3v) is 4.37. The Hall–Kier alpha value is -0.610. The molecule has 0 spiro atoms. The maximum Gasteiger partial charge on any atom is 0.0580 e. The van der Waals surface area contributed by atoms with Gasteiger partial charge in [-0.1, -0.05) is 23.7 Å². The molecule has 0 bridgehead atoms. The molecule has 3 N–H and O–H groups in total. The van der Waals surface area contributed by atoms with Crippen LogP contribution < -0.4 is 11.3 Å². The van der Waals surface area contributed by atoms with Crippen molar-refractivity contribution >= 4 is 11.6 Å². The fraction of sp³-hybridized carbons (Fsp3) is 0.600. The summed E-state index contributed by atoms with van der Waals surface area (Å²) in [6.07, 6.45) is 3.78. The Labute approximate surface area is 120 Å². The van der Waals surface area contributed by atoms with Crippen molar-refractivity contribution in [2.75, 3.05) is 6.61 Å². The predicted molar refractivity (Wildman–Crippen MR) is 79.0 cm³/mol. The SMILES string of the molecule is CCOC1CC(CC(NN)c2ccc(C)c(Cl)c2)C1. The molecule has 0 aromatic heterocycles.